The minimum atomic E-state index is -0.661. The molecule has 2 aromatic rings. The zero-order chi connectivity index (χ0) is 17.9. The average Bonchev–Trinajstić information content (AvgIpc) is 2.54. The van der Waals surface area contributed by atoms with Crippen LogP contribution in [0.25, 0.3) is 0 Å². The number of benzene rings is 2. The first-order chi connectivity index (χ1) is 11.3. The van der Waals surface area contributed by atoms with E-state index in [1.807, 2.05) is 0 Å². The first-order valence-electron chi connectivity index (χ1n) is 6.89. The first kappa shape index (κ1) is 17.4. The molecule has 0 saturated carbocycles. The van der Waals surface area contributed by atoms with E-state index in [0.29, 0.717) is 11.4 Å². The van der Waals surface area contributed by atoms with Gasteiger partial charge in [-0.2, -0.15) is 0 Å². The summed E-state index contributed by atoms with van der Waals surface area (Å²) in [6.45, 7) is 1.44. The van der Waals surface area contributed by atoms with E-state index in [1.54, 1.807) is 31.3 Å². The van der Waals surface area contributed by atoms with Crippen LogP contribution < -0.4 is 10.2 Å². The molecule has 1 N–H and O–H groups in total. The van der Waals surface area contributed by atoms with Gasteiger partial charge in [0.2, 0.25) is 5.91 Å². The number of carbonyl (C=O) groups excluding carboxylic acids is 2. The van der Waals surface area contributed by atoms with E-state index in [1.165, 1.54) is 24.0 Å². The highest BCUT2D eigenvalue weighted by Gasteiger charge is 2.20. The number of rotatable bonds is 4. The van der Waals surface area contributed by atoms with Gasteiger partial charge in [0.05, 0.1) is 4.92 Å². The summed E-state index contributed by atoms with van der Waals surface area (Å²) in [5.74, 6) is -0.741. The highest BCUT2D eigenvalue weighted by atomic mass is 35.5. The molecule has 24 heavy (non-hydrogen) atoms. The summed E-state index contributed by atoms with van der Waals surface area (Å²) in [4.78, 5) is 35.4. The van der Waals surface area contributed by atoms with Crippen LogP contribution in [0.15, 0.2) is 42.5 Å². The molecule has 0 spiro atoms. The Hall–Kier alpha value is -2.93. The molecule has 0 aromatic heterocycles. The lowest BCUT2D eigenvalue weighted by Crippen LogP contribution is -2.22. The van der Waals surface area contributed by atoms with Gasteiger partial charge in [0, 0.05) is 36.4 Å². The van der Waals surface area contributed by atoms with E-state index < -0.39 is 10.8 Å². The molecule has 2 rings (SSSR count). The van der Waals surface area contributed by atoms with Crippen molar-refractivity contribution in [3.63, 3.8) is 0 Å². The fourth-order valence-corrected chi connectivity index (χ4v) is 2.16. The summed E-state index contributed by atoms with van der Waals surface area (Å²) >= 11 is 5.73. The SMILES string of the molecule is CC(=O)N(C)c1ccc(NC(=O)c2ccc(Cl)cc2[N+](=O)[O-])cc1. The molecular formula is C16H14ClN3O4. The molecule has 0 bridgehead atoms. The van der Waals surface area contributed by atoms with Crippen molar-refractivity contribution < 1.29 is 14.5 Å². The lowest BCUT2D eigenvalue weighted by Gasteiger charge is -2.15. The van der Waals surface area contributed by atoms with Gasteiger partial charge in [0.1, 0.15) is 5.56 Å². The van der Waals surface area contributed by atoms with E-state index in [2.05, 4.69) is 5.32 Å². The van der Waals surface area contributed by atoms with Crippen molar-refractivity contribution in [3.05, 3.63) is 63.2 Å². The lowest BCUT2D eigenvalue weighted by atomic mass is 10.1. The smallest absolute Gasteiger partial charge is 0.283 e. The third-order valence-corrected chi connectivity index (χ3v) is 3.62. The number of halogens is 1. The average molecular weight is 348 g/mol. The fraction of sp³-hybridized carbons (Fsp3) is 0.125. The van der Waals surface area contributed by atoms with Crippen LogP contribution >= 0.6 is 11.6 Å². The molecule has 0 aliphatic carbocycles. The maximum atomic E-state index is 12.3. The Morgan fingerprint density at radius 3 is 2.33 bits per heavy atom. The van der Waals surface area contributed by atoms with Crippen molar-refractivity contribution in [2.45, 2.75) is 6.92 Å². The maximum Gasteiger partial charge on any atom is 0.283 e. The minimum absolute atomic E-state index is 0.0886. The number of carbonyl (C=O) groups is 2. The van der Waals surface area contributed by atoms with Crippen LogP contribution in [0.2, 0.25) is 5.02 Å². The standard InChI is InChI=1S/C16H14ClN3O4/c1-10(21)19(2)13-6-4-12(5-7-13)18-16(22)14-8-3-11(17)9-15(14)20(23)24/h3-9H,1-2H3,(H,18,22). The topological polar surface area (TPSA) is 92.6 Å². The van der Waals surface area contributed by atoms with E-state index in [9.17, 15) is 19.7 Å². The highest BCUT2D eigenvalue weighted by Crippen LogP contribution is 2.24. The Kier molecular flexibility index (Phi) is 5.15. The maximum absolute atomic E-state index is 12.3. The molecule has 8 heteroatoms. The molecule has 0 unspecified atom stereocenters. The van der Waals surface area contributed by atoms with Gasteiger partial charge in [-0.05, 0) is 36.4 Å². The molecule has 124 valence electrons. The van der Waals surface area contributed by atoms with Gasteiger partial charge in [-0.25, -0.2) is 0 Å². The Morgan fingerprint density at radius 2 is 1.79 bits per heavy atom. The van der Waals surface area contributed by atoms with Crippen molar-refractivity contribution >= 4 is 40.5 Å². The van der Waals surface area contributed by atoms with Gasteiger partial charge >= 0.3 is 0 Å². The van der Waals surface area contributed by atoms with Crippen molar-refractivity contribution in [2.24, 2.45) is 0 Å². The molecule has 2 aromatic carbocycles. The fourth-order valence-electron chi connectivity index (χ4n) is 2.00. The molecule has 0 fully saturated rings. The van der Waals surface area contributed by atoms with Crippen LogP contribution in [-0.4, -0.2) is 23.8 Å². The van der Waals surface area contributed by atoms with Gasteiger partial charge in [0.25, 0.3) is 11.6 Å². The van der Waals surface area contributed by atoms with Crippen LogP contribution in [0.3, 0.4) is 0 Å². The number of hydrogen-bond acceptors (Lipinski definition) is 4. The third-order valence-electron chi connectivity index (χ3n) is 3.39. The van der Waals surface area contributed by atoms with Gasteiger partial charge in [-0.3, -0.25) is 19.7 Å². The first-order valence-corrected chi connectivity index (χ1v) is 7.27. The Labute approximate surface area is 143 Å². The molecule has 2 amide bonds. The van der Waals surface area contributed by atoms with Gasteiger partial charge in [-0.1, -0.05) is 11.6 Å². The summed E-state index contributed by atoms with van der Waals surface area (Å²) in [6.07, 6.45) is 0. The van der Waals surface area contributed by atoms with Crippen molar-refractivity contribution in [1.29, 1.82) is 0 Å². The molecule has 7 nitrogen and oxygen atoms in total. The molecular weight excluding hydrogens is 334 g/mol. The molecule has 0 radical (unpaired) electrons. The number of nitro benzene ring substituents is 1. The molecule has 0 atom stereocenters. The molecule has 0 saturated heterocycles. The summed E-state index contributed by atoms with van der Waals surface area (Å²) in [5, 5.41) is 13.8. The monoisotopic (exact) mass is 347 g/mol. The van der Waals surface area contributed by atoms with Gasteiger partial charge in [0.15, 0.2) is 0 Å². The Bertz CT molecular complexity index is 805. The molecule has 0 aliphatic rings. The second kappa shape index (κ2) is 7.10. The highest BCUT2D eigenvalue weighted by molar-refractivity contribution is 6.31. The molecule has 0 aliphatic heterocycles. The predicted octanol–water partition coefficient (Wildman–Crippen LogP) is 3.48. The number of anilines is 2. The Balaban J connectivity index is 2.21. The quantitative estimate of drug-likeness (QED) is 0.676. The van der Waals surface area contributed by atoms with Crippen molar-refractivity contribution in [3.8, 4) is 0 Å². The van der Waals surface area contributed by atoms with Crippen LogP contribution in [0.5, 0.6) is 0 Å². The number of nitrogens with one attached hydrogen (secondary N) is 1. The van der Waals surface area contributed by atoms with Crippen molar-refractivity contribution in [1.82, 2.24) is 0 Å². The third kappa shape index (κ3) is 3.88. The normalized spacial score (nSPS) is 10.1. The lowest BCUT2D eigenvalue weighted by molar-refractivity contribution is -0.385. The Morgan fingerprint density at radius 1 is 1.17 bits per heavy atom. The van der Waals surface area contributed by atoms with E-state index >= 15 is 0 Å². The number of nitro groups is 1. The number of amides is 2. The molecule has 0 heterocycles. The summed E-state index contributed by atoms with van der Waals surface area (Å²) in [5.41, 5.74) is 0.658. The number of nitrogens with zero attached hydrogens (tertiary/aromatic N) is 2. The van der Waals surface area contributed by atoms with Crippen LogP contribution in [0.4, 0.5) is 17.1 Å². The van der Waals surface area contributed by atoms with Gasteiger partial charge in [-0.15, -0.1) is 0 Å². The predicted molar refractivity (Wildman–Crippen MR) is 91.6 cm³/mol. The second-order valence-electron chi connectivity index (χ2n) is 5.00. The number of hydrogen-bond donors (Lipinski definition) is 1. The van der Waals surface area contributed by atoms with E-state index in [0.717, 1.165) is 6.07 Å². The zero-order valence-electron chi connectivity index (χ0n) is 12.9. The van der Waals surface area contributed by atoms with Crippen LogP contribution in [-0.2, 0) is 4.79 Å². The van der Waals surface area contributed by atoms with Crippen molar-refractivity contribution in [2.75, 3.05) is 17.3 Å². The largest absolute Gasteiger partial charge is 0.322 e. The minimum Gasteiger partial charge on any atom is -0.322 e. The van der Waals surface area contributed by atoms with Crippen LogP contribution in [0.1, 0.15) is 17.3 Å². The van der Waals surface area contributed by atoms with E-state index in [4.69, 9.17) is 11.6 Å². The van der Waals surface area contributed by atoms with Crippen LogP contribution in [0, 0.1) is 10.1 Å². The summed E-state index contributed by atoms with van der Waals surface area (Å²) in [7, 11) is 1.63. The second-order valence-corrected chi connectivity index (χ2v) is 5.43. The summed E-state index contributed by atoms with van der Waals surface area (Å²) < 4.78 is 0. The van der Waals surface area contributed by atoms with E-state index in [-0.39, 0.29) is 22.2 Å². The summed E-state index contributed by atoms with van der Waals surface area (Å²) in [6, 6.07) is 10.4. The zero-order valence-corrected chi connectivity index (χ0v) is 13.7. The van der Waals surface area contributed by atoms with Gasteiger partial charge < -0.3 is 10.2 Å².